The predicted molar refractivity (Wildman–Crippen MR) is 51.8 cm³/mol. The average Bonchev–Trinajstić information content (AvgIpc) is 1.68. The van der Waals surface area contributed by atoms with Crippen LogP contribution >= 0.6 is 32.9 Å². The first-order valence-electron chi connectivity index (χ1n) is 3.01. The summed E-state index contributed by atoms with van der Waals surface area (Å²) in [5.41, 5.74) is 0. The van der Waals surface area contributed by atoms with Crippen molar-refractivity contribution in [1.82, 2.24) is 5.32 Å². The van der Waals surface area contributed by atoms with Crippen molar-refractivity contribution in [2.24, 2.45) is 5.92 Å². The highest BCUT2D eigenvalue weighted by molar-refractivity contribution is 9.09. The number of halogens is 2. The normalized spacial score (nSPS) is 12.3. The van der Waals surface area contributed by atoms with Crippen LogP contribution in [0.4, 0.5) is 0 Å². The van der Waals surface area contributed by atoms with Gasteiger partial charge in [-0.3, -0.25) is 0 Å². The van der Waals surface area contributed by atoms with Gasteiger partial charge < -0.3 is 5.32 Å². The summed E-state index contributed by atoms with van der Waals surface area (Å²) in [7, 11) is 1.99. The third kappa shape index (κ3) is 8.92. The van der Waals surface area contributed by atoms with Gasteiger partial charge in [0, 0.05) is 5.33 Å². The zero-order valence-electron chi connectivity index (χ0n) is 5.98. The third-order valence-corrected chi connectivity index (χ3v) is 1.61. The van der Waals surface area contributed by atoms with Crippen LogP contribution in [0.5, 0.6) is 0 Å². The molecule has 0 fully saturated rings. The molecule has 0 aromatic rings. The largest absolute Gasteiger partial charge is 0.319 e. The first-order valence-corrected chi connectivity index (χ1v) is 4.14. The molecular formula is C6H15Br2N. The lowest BCUT2D eigenvalue weighted by Crippen LogP contribution is -2.16. The molecule has 1 atom stereocenters. The predicted octanol–water partition coefficient (Wildman–Crippen LogP) is 2.20. The molecule has 58 valence electrons. The summed E-state index contributed by atoms with van der Waals surface area (Å²) >= 11 is 3.39. The van der Waals surface area contributed by atoms with E-state index < -0.39 is 0 Å². The molecule has 0 amide bonds. The molecule has 0 aliphatic carbocycles. The summed E-state index contributed by atoms with van der Waals surface area (Å²) in [5, 5.41) is 4.25. The highest BCUT2D eigenvalue weighted by Gasteiger charge is 1.96. The molecular weight excluding hydrogens is 246 g/mol. The van der Waals surface area contributed by atoms with E-state index in [2.05, 4.69) is 28.2 Å². The van der Waals surface area contributed by atoms with Gasteiger partial charge in [-0.25, -0.2) is 0 Å². The molecule has 0 saturated carbocycles. The minimum absolute atomic E-state index is 0. The number of hydrogen-bond acceptors (Lipinski definition) is 1. The molecule has 9 heavy (non-hydrogen) atoms. The molecule has 0 rings (SSSR count). The minimum Gasteiger partial charge on any atom is -0.319 e. The van der Waals surface area contributed by atoms with Crippen LogP contribution in [0.25, 0.3) is 0 Å². The van der Waals surface area contributed by atoms with E-state index in [0.29, 0.717) is 0 Å². The molecule has 1 N–H and O–H groups in total. The van der Waals surface area contributed by atoms with Crippen LogP contribution in [0, 0.1) is 5.92 Å². The van der Waals surface area contributed by atoms with Crippen molar-refractivity contribution in [2.45, 2.75) is 13.3 Å². The average molecular weight is 261 g/mol. The Kier molecular flexibility index (Phi) is 12.5. The number of alkyl halides is 1. The van der Waals surface area contributed by atoms with Gasteiger partial charge in [-0.1, -0.05) is 22.9 Å². The standard InChI is InChI=1S/C6H14BrN.BrH/c1-6(3-4-7)5-8-2;/h6,8H,3-5H2,1-2H3;1H. The van der Waals surface area contributed by atoms with Crippen molar-refractivity contribution in [1.29, 1.82) is 0 Å². The van der Waals surface area contributed by atoms with Crippen LogP contribution in [0.3, 0.4) is 0 Å². The van der Waals surface area contributed by atoms with Gasteiger partial charge in [-0.2, -0.15) is 0 Å². The number of nitrogens with one attached hydrogen (secondary N) is 1. The fourth-order valence-corrected chi connectivity index (χ4v) is 1.42. The second-order valence-electron chi connectivity index (χ2n) is 2.14. The lowest BCUT2D eigenvalue weighted by Gasteiger charge is -2.06. The Morgan fingerprint density at radius 2 is 2.11 bits per heavy atom. The highest BCUT2D eigenvalue weighted by Crippen LogP contribution is 2.01. The van der Waals surface area contributed by atoms with Gasteiger partial charge in [0.15, 0.2) is 0 Å². The molecule has 0 radical (unpaired) electrons. The molecule has 0 aliphatic rings. The highest BCUT2D eigenvalue weighted by atomic mass is 79.9. The SMILES string of the molecule is Br.CNCC(C)CCBr. The molecule has 0 bridgehead atoms. The van der Waals surface area contributed by atoms with Crippen LogP contribution < -0.4 is 5.32 Å². The van der Waals surface area contributed by atoms with Crippen molar-refractivity contribution in [3.8, 4) is 0 Å². The van der Waals surface area contributed by atoms with Crippen LogP contribution in [-0.2, 0) is 0 Å². The van der Waals surface area contributed by atoms with Gasteiger partial charge in [0.25, 0.3) is 0 Å². The van der Waals surface area contributed by atoms with E-state index in [1.165, 1.54) is 6.42 Å². The van der Waals surface area contributed by atoms with Gasteiger partial charge in [-0.05, 0) is 25.9 Å². The van der Waals surface area contributed by atoms with Crippen LogP contribution in [-0.4, -0.2) is 18.9 Å². The molecule has 0 heterocycles. The monoisotopic (exact) mass is 259 g/mol. The van der Waals surface area contributed by atoms with E-state index in [0.717, 1.165) is 17.8 Å². The van der Waals surface area contributed by atoms with Crippen molar-refractivity contribution in [2.75, 3.05) is 18.9 Å². The Balaban J connectivity index is 0. The smallest absolute Gasteiger partial charge is 0.00343 e. The second-order valence-corrected chi connectivity index (χ2v) is 2.93. The molecule has 0 saturated heterocycles. The molecule has 1 nitrogen and oxygen atoms in total. The summed E-state index contributed by atoms with van der Waals surface area (Å²) in [6.07, 6.45) is 1.26. The van der Waals surface area contributed by atoms with E-state index in [-0.39, 0.29) is 17.0 Å². The Morgan fingerprint density at radius 3 is 2.44 bits per heavy atom. The number of hydrogen-bond donors (Lipinski definition) is 1. The molecule has 1 unspecified atom stereocenters. The van der Waals surface area contributed by atoms with E-state index in [1.807, 2.05) is 7.05 Å². The summed E-state index contributed by atoms with van der Waals surface area (Å²) in [4.78, 5) is 0. The number of rotatable bonds is 4. The van der Waals surface area contributed by atoms with E-state index in [1.54, 1.807) is 0 Å². The lowest BCUT2D eigenvalue weighted by molar-refractivity contribution is 0.533. The van der Waals surface area contributed by atoms with Crippen molar-refractivity contribution in [3.63, 3.8) is 0 Å². The zero-order valence-corrected chi connectivity index (χ0v) is 9.28. The first-order chi connectivity index (χ1) is 3.81. The summed E-state index contributed by atoms with van der Waals surface area (Å²) in [6.45, 7) is 3.38. The maximum Gasteiger partial charge on any atom is 0.00343 e. The van der Waals surface area contributed by atoms with Gasteiger partial charge in [0.1, 0.15) is 0 Å². The Bertz CT molecular complexity index is 44.3. The molecule has 0 spiro atoms. The summed E-state index contributed by atoms with van der Waals surface area (Å²) < 4.78 is 0. The fraction of sp³-hybridized carbons (Fsp3) is 1.00. The van der Waals surface area contributed by atoms with Gasteiger partial charge in [0.05, 0.1) is 0 Å². The molecule has 0 aromatic heterocycles. The second kappa shape index (κ2) is 8.92. The topological polar surface area (TPSA) is 12.0 Å². The van der Waals surface area contributed by atoms with Crippen LogP contribution in [0.1, 0.15) is 13.3 Å². The summed E-state index contributed by atoms with van der Waals surface area (Å²) in [6, 6.07) is 0. The maximum atomic E-state index is 3.39. The third-order valence-electron chi connectivity index (χ3n) is 1.15. The minimum atomic E-state index is 0. The van der Waals surface area contributed by atoms with Crippen LogP contribution in [0.15, 0.2) is 0 Å². The van der Waals surface area contributed by atoms with Gasteiger partial charge in [-0.15, -0.1) is 17.0 Å². The van der Waals surface area contributed by atoms with Crippen molar-refractivity contribution < 1.29 is 0 Å². The Hall–Kier alpha value is 0.920. The first kappa shape index (κ1) is 12.6. The lowest BCUT2D eigenvalue weighted by atomic mass is 10.1. The Labute approximate surface area is 76.5 Å². The van der Waals surface area contributed by atoms with Crippen molar-refractivity contribution in [3.05, 3.63) is 0 Å². The molecule has 3 heteroatoms. The fourth-order valence-electron chi connectivity index (χ4n) is 0.637. The molecule has 0 aromatic carbocycles. The van der Waals surface area contributed by atoms with E-state index >= 15 is 0 Å². The Morgan fingerprint density at radius 1 is 1.56 bits per heavy atom. The quantitative estimate of drug-likeness (QED) is 0.765. The summed E-state index contributed by atoms with van der Waals surface area (Å²) in [5.74, 6) is 0.805. The van der Waals surface area contributed by atoms with Crippen LogP contribution in [0.2, 0.25) is 0 Å². The van der Waals surface area contributed by atoms with E-state index in [9.17, 15) is 0 Å². The van der Waals surface area contributed by atoms with Crippen molar-refractivity contribution >= 4 is 32.9 Å². The van der Waals surface area contributed by atoms with E-state index in [4.69, 9.17) is 0 Å². The van der Waals surface area contributed by atoms with Gasteiger partial charge in [0.2, 0.25) is 0 Å². The van der Waals surface area contributed by atoms with Gasteiger partial charge >= 0.3 is 0 Å². The zero-order chi connectivity index (χ0) is 6.41. The molecule has 0 aliphatic heterocycles. The maximum absolute atomic E-state index is 3.39.